The molecular formula is C16H20N2O5. The highest BCUT2D eigenvalue weighted by atomic mass is 16.6. The van der Waals surface area contributed by atoms with Crippen molar-refractivity contribution in [1.29, 1.82) is 0 Å². The third-order valence-corrected chi connectivity index (χ3v) is 3.09. The van der Waals surface area contributed by atoms with Gasteiger partial charge in [-0.05, 0) is 24.5 Å². The molecule has 0 saturated heterocycles. The lowest BCUT2D eigenvalue weighted by atomic mass is 10.2. The lowest BCUT2D eigenvalue weighted by molar-refractivity contribution is -0.384. The monoisotopic (exact) mass is 320 g/mol. The van der Waals surface area contributed by atoms with Gasteiger partial charge in [0.25, 0.3) is 5.69 Å². The molecule has 0 radical (unpaired) electrons. The van der Waals surface area contributed by atoms with Crippen LogP contribution in [0.4, 0.5) is 5.69 Å². The minimum atomic E-state index is -0.480. The molecule has 0 heterocycles. The van der Waals surface area contributed by atoms with Crippen molar-refractivity contribution in [3.05, 3.63) is 46.0 Å². The van der Waals surface area contributed by atoms with Crippen LogP contribution in [0.2, 0.25) is 0 Å². The van der Waals surface area contributed by atoms with Gasteiger partial charge in [0.1, 0.15) is 0 Å². The van der Waals surface area contributed by atoms with Crippen molar-refractivity contribution >= 4 is 23.6 Å². The summed E-state index contributed by atoms with van der Waals surface area (Å²) in [4.78, 5) is 32.7. The first-order valence-corrected chi connectivity index (χ1v) is 7.30. The van der Waals surface area contributed by atoms with Gasteiger partial charge in [-0.2, -0.15) is 0 Å². The molecule has 124 valence electrons. The first kappa shape index (κ1) is 18.3. The Morgan fingerprint density at radius 1 is 1.30 bits per heavy atom. The minimum Gasteiger partial charge on any atom is -0.469 e. The number of nitrogens with one attached hydrogen (secondary N) is 1. The zero-order valence-electron chi connectivity index (χ0n) is 13.0. The van der Waals surface area contributed by atoms with E-state index in [2.05, 4.69) is 10.1 Å². The topological polar surface area (TPSA) is 98.5 Å². The lowest BCUT2D eigenvalue weighted by Gasteiger charge is -2.02. The molecule has 0 fully saturated rings. The smallest absolute Gasteiger partial charge is 0.305 e. The number of benzene rings is 1. The highest BCUT2D eigenvalue weighted by molar-refractivity contribution is 5.91. The van der Waals surface area contributed by atoms with Crippen molar-refractivity contribution in [2.24, 2.45) is 0 Å². The molecule has 1 amide bonds. The molecular weight excluding hydrogens is 300 g/mol. The molecule has 0 aliphatic carbocycles. The summed E-state index contributed by atoms with van der Waals surface area (Å²) >= 11 is 0. The maximum absolute atomic E-state index is 11.6. The number of nitro benzene ring substituents is 1. The van der Waals surface area contributed by atoms with Crippen LogP contribution in [0.5, 0.6) is 0 Å². The zero-order valence-corrected chi connectivity index (χ0v) is 13.0. The number of hydrogen-bond donors (Lipinski definition) is 1. The SMILES string of the molecule is COC(=O)CCCCCNC(=O)/C=C/c1cccc([N+](=O)[O-])c1. The Kier molecular flexibility index (Phi) is 8.06. The predicted molar refractivity (Wildman–Crippen MR) is 85.6 cm³/mol. The average molecular weight is 320 g/mol. The fraction of sp³-hybridized carbons (Fsp3) is 0.375. The van der Waals surface area contributed by atoms with Gasteiger partial charge in [-0.1, -0.05) is 18.6 Å². The molecule has 7 heteroatoms. The molecule has 7 nitrogen and oxygen atoms in total. The zero-order chi connectivity index (χ0) is 17.1. The van der Waals surface area contributed by atoms with E-state index >= 15 is 0 Å². The minimum absolute atomic E-state index is 0.0156. The number of nitro groups is 1. The second-order valence-electron chi connectivity index (χ2n) is 4.86. The molecule has 0 aliphatic heterocycles. The Morgan fingerprint density at radius 3 is 2.78 bits per heavy atom. The van der Waals surface area contributed by atoms with Crippen molar-refractivity contribution in [2.75, 3.05) is 13.7 Å². The van der Waals surface area contributed by atoms with Crippen LogP contribution in [0.25, 0.3) is 6.08 Å². The Bertz CT molecular complexity index is 584. The van der Waals surface area contributed by atoms with Gasteiger partial charge in [0.15, 0.2) is 0 Å². The molecule has 0 aliphatic rings. The van der Waals surface area contributed by atoms with Gasteiger partial charge in [-0.3, -0.25) is 19.7 Å². The summed E-state index contributed by atoms with van der Waals surface area (Å²) in [5.74, 6) is -0.488. The number of amides is 1. The van der Waals surface area contributed by atoms with Crippen LogP contribution in [0.15, 0.2) is 30.3 Å². The van der Waals surface area contributed by atoms with Gasteiger partial charge in [0.2, 0.25) is 5.91 Å². The third kappa shape index (κ3) is 7.75. The number of unbranched alkanes of at least 4 members (excludes halogenated alkanes) is 2. The van der Waals surface area contributed by atoms with E-state index in [1.165, 1.54) is 31.4 Å². The number of methoxy groups -OCH3 is 1. The molecule has 1 N–H and O–H groups in total. The standard InChI is InChI=1S/C16H20N2O5/c1-23-16(20)8-3-2-4-11-17-15(19)10-9-13-6-5-7-14(12-13)18(21)22/h5-7,9-10,12H,2-4,8,11H2,1H3,(H,17,19)/b10-9+. The van der Waals surface area contributed by atoms with Gasteiger partial charge in [0.05, 0.1) is 12.0 Å². The summed E-state index contributed by atoms with van der Waals surface area (Å²) in [6.07, 6.45) is 5.58. The summed E-state index contributed by atoms with van der Waals surface area (Å²) in [6, 6.07) is 6.04. The number of esters is 1. The predicted octanol–water partition coefficient (Wildman–Crippen LogP) is 2.46. The second-order valence-corrected chi connectivity index (χ2v) is 4.86. The molecule has 0 bridgehead atoms. The number of nitrogens with zero attached hydrogens (tertiary/aromatic N) is 1. The van der Waals surface area contributed by atoms with Crippen LogP contribution < -0.4 is 5.32 Å². The molecule has 0 saturated carbocycles. The van der Waals surface area contributed by atoms with Gasteiger partial charge < -0.3 is 10.1 Å². The Morgan fingerprint density at radius 2 is 2.09 bits per heavy atom. The molecule has 1 rings (SSSR count). The van der Waals surface area contributed by atoms with Crippen LogP contribution in [0.1, 0.15) is 31.2 Å². The van der Waals surface area contributed by atoms with Gasteiger partial charge in [-0.15, -0.1) is 0 Å². The highest BCUT2D eigenvalue weighted by Gasteiger charge is 2.04. The van der Waals surface area contributed by atoms with Gasteiger partial charge in [-0.25, -0.2) is 0 Å². The second kappa shape index (κ2) is 10.1. The van der Waals surface area contributed by atoms with Crippen LogP contribution in [0, 0.1) is 10.1 Å². The molecule has 1 aromatic carbocycles. The Labute approximate surface area is 134 Å². The van der Waals surface area contributed by atoms with Crippen LogP contribution in [-0.4, -0.2) is 30.5 Å². The fourth-order valence-corrected chi connectivity index (χ4v) is 1.86. The van der Waals surface area contributed by atoms with Crippen LogP contribution >= 0.6 is 0 Å². The number of hydrogen-bond acceptors (Lipinski definition) is 5. The highest BCUT2D eigenvalue weighted by Crippen LogP contribution is 2.13. The van der Waals surface area contributed by atoms with E-state index in [1.807, 2.05) is 0 Å². The Hall–Kier alpha value is -2.70. The van der Waals surface area contributed by atoms with Crippen molar-refractivity contribution in [1.82, 2.24) is 5.32 Å². The van der Waals surface area contributed by atoms with Crippen molar-refractivity contribution < 1.29 is 19.2 Å². The summed E-state index contributed by atoms with van der Waals surface area (Å²) in [5.41, 5.74) is 0.575. The van der Waals surface area contributed by atoms with E-state index in [0.717, 1.165) is 19.3 Å². The lowest BCUT2D eigenvalue weighted by Crippen LogP contribution is -2.22. The van der Waals surface area contributed by atoms with Crippen molar-refractivity contribution in [3.63, 3.8) is 0 Å². The number of carbonyl (C=O) groups excluding carboxylic acids is 2. The van der Waals surface area contributed by atoms with E-state index in [9.17, 15) is 19.7 Å². The maximum Gasteiger partial charge on any atom is 0.305 e. The van der Waals surface area contributed by atoms with E-state index in [1.54, 1.807) is 12.1 Å². The summed E-state index contributed by atoms with van der Waals surface area (Å²) in [7, 11) is 1.36. The van der Waals surface area contributed by atoms with Crippen LogP contribution in [0.3, 0.4) is 0 Å². The van der Waals surface area contributed by atoms with Crippen LogP contribution in [-0.2, 0) is 14.3 Å². The van der Waals surface area contributed by atoms with E-state index in [4.69, 9.17) is 0 Å². The molecule has 0 unspecified atom stereocenters. The van der Waals surface area contributed by atoms with Crippen molar-refractivity contribution in [2.45, 2.75) is 25.7 Å². The summed E-state index contributed by atoms with van der Waals surface area (Å²) < 4.78 is 4.53. The first-order valence-electron chi connectivity index (χ1n) is 7.30. The van der Waals surface area contributed by atoms with Crippen molar-refractivity contribution in [3.8, 4) is 0 Å². The fourth-order valence-electron chi connectivity index (χ4n) is 1.86. The summed E-state index contributed by atoms with van der Waals surface area (Å²) in [6.45, 7) is 0.513. The summed E-state index contributed by atoms with van der Waals surface area (Å²) in [5, 5.41) is 13.4. The first-order chi connectivity index (χ1) is 11.0. The quantitative estimate of drug-likeness (QED) is 0.248. The number of rotatable bonds is 9. The van der Waals surface area contributed by atoms with E-state index in [-0.39, 0.29) is 17.6 Å². The molecule has 23 heavy (non-hydrogen) atoms. The number of carbonyl (C=O) groups is 2. The Balaban J connectivity index is 2.27. The largest absolute Gasteiger partial charge is 0.469 e. The molecule has 0 atom stereocenters. The molecule has 1 aromatic rings. The van der Waals surface area contributed by atoms with E-state index in [0.29, 0.717) is 18.5 Å². The van der Waals surface area contributed by atoms with Gasteiger partial charge in [0, 0.05) is 31.2 Å². The number of ether oxygens (including phenoxy) is 1. The van der Waals surface area contributed by atoms with E-state index < -0.39 is 4.92 Å². The third-order valence-electron chi connectivity index (χ3n) is 3.09. The van der Waals surface area contributed by atoms with Gasteiger partial charge >= 0.3 is 5.97 Å². The number of non-ortho nitro benzene ring substituents is 1. The normalized spacial score (nSPS) is 10.5. The average Bonchev–Trinajstić information content (AvgIpc) is 2.56. The molecule has 0 spiro atoms. The molecule has 0 aromatic heterocycles. The maximum atomic E-state index is 11.6.